The molecule has 0 bridgehead atoms. The molecule has 23 heavy (non-hydrogen) atoms. The molecule has 0 saturated carbocycles. The van der Waals surface area contributed by atoms with Gasteiger partial charge in [0.2, 0.25) is 5.79 Å². The van der Waals surface area contributed by atoms with Crippen LogP contribution < -0.4 is 0 Å². The molecular weight excluding hydrogens is 292 g/mol. The van der Waals surface area contributed by atoms with Crippen LogP contribution in [0.1, 0.15) is 42.0 Å². The highest BCUT2D eigenvalue weighted by atomic mass is 16.7. The van der Waals surface area contributed by atoms with Crippen molar-refractivity contribution in [3.8, 4) is 0 Å². The molecule has 2 heterocycles. The Morgan fingerprint density at radius 3 is 2.26 bits per heavy atom. The Kier molecular flexibility index (Phi) is 4.07. The first-order valence-electron chi connectivity index (χ1n) is 8.17. The zero-order valence-corrected chi connectivity index (χ0v) is 14.2. The summed E-state index contributed by atoms with van der Waals surface area (Å²) >= 11 is 0. The van der Waals surface area contributed by atoms with E-state index in [2.05, 4.69) is 12.1 Å². The van der Waals surface area contributed by atoms with Crippen LogP contribution >= 0.6 is 0 Å². The van der Waals surface area contributed by atoms with Crippen molar-refractivity contribution in [2.75, 3.05) is 13.2 Å². The van der Waals surface area contributed by atoms with Gasteiger partial charge in [0.1, 0.15) is 0 Å². The van der Waals surface area contributed by atoms with Crippen LogP contribution in [0.5, 0.6) is 0 Å². The largest absolute Gasteiger partial charge is 0.426 e. The molecule has 1 aromatic rings. The van der Waals surface area contributed by atoms with Gasteiger partial charge in [-0.2, -0.15) is 0 Å². The molecule has 2 aliphatic rings. The minimum atomic E-state index is -1.53. The van der Waals surface area contributed by atoms with Crippen molar-refractivity contribution >= 4 is 11.5 Å². The van der Waals surface area contributed by atoms with Crippen LogP contribution in [-0.4, -0.2) is 30.1 Å². The molecule has 1 unspecified atom stereocenters. The average molecular weight is 316 g/mol. The van der Waals surface area contributed by atoms with Gasteiger partial charge in [-0.3, -0.25) is 0 Å². The fourth-order valence-corrected chi connectivity index (χ4v) is 4.01. The monoisotopic (exact) mass is 316 g/mol. The molecule has 0 amide bonds. The van der Waals surface area contributed by atoms with Gasteiger partial charge in [0.25, 0.3) is 0 Å². The van der Waals surface area contributed by atoms with E-state index >= 15 is 0 Å². The average Bonchev–Trinajstić information content (AvgIpc) is 2.68. The second kappa shape index (κ2) is 5.77. The van der Waals surface area contributed by atoms with Crippen LogP contribution in [0.15, 0.2) is 17.7 Å². The van der Waals surface area contributed by atoms with Crippen LogP contribution in [0, 0.1) is 26.7 Å². The summed E-state index contributed by atoms with van der Waals surface area (Å²) in [6.45, 7) is 8.92. The van der Waals surface area contributed by atoms with Crippen LogP contribution in [0.25, 0.3) is 5.57 Å². The first kappa shape index (κ1) is 16.2. The highest BCUT2D eigenvalue weighted by Crippen LogP contribution is 2.44. The Morgan fingerprint density at radius 1 is 1.13 bits per heavy atom. The van der Waals surface area contributed by atoms with Crippen molar-refractivity contribution in [3.63, 3.8) is 0 Å². The van der Waals surface area contributed by atoms with Gasteiger partial charge in [0.15, 0.2) is 0 Å². The normalized spacial score (nSPS) is 25.9. The molecule has 1 aromatic carbocycles. The lowest BCUT2D eigenvalue weighted by molar-refractivity contribution is -0.176. The number of aliphatic hydroxyl groups is 1. The van der Waals surface area contributed by atoms with E-state index in [9.17, 15) is 9.90 Å². The smallest absolute Gasteiger partial charge is 0.341 e. The second-order valence-corrected chi connectivity index (χ2v) is 6.82. The van der Waals surface area contributed by atoms with Crippen LogP contribution in [0.3, 0.4) is 0 Å². The predicted molar refractivity (Wildman–Crippen MR) is 87.8 cm³/mol. The molecule has 124 valence electrons. The van der Waals surface area contributed by atoms with Crippen molar-refractivity contribution in [2.45, 2.75) is 46.3 Å². The van der Waals surface area contributed by atoms with Crippen molar-refractivity contribution in [3.05, 3.63) is 40.0 Å². The summed E-state index contributed by atoms with van der Waals surface area (Å²) in [5.74, 6) is -1.84. The van der Waals surface area contributed by atoms with Gasteiger partial charge in [0.05, 0.1) is 5.57 Å². The lowest BCUT2D eigenvalue weighted by atomic mass is 9.81. The Bertz CT molecular complexity index is 656. The van der Waals surface area contributed by atoms with Gasteiger partial charge < -0.3 is 14.6 Å². The lowest BCUT2D eigenvalue weighted by Crippen LogP contribution is -2.33. The number of hydrogen-bond acceptors (Lipinski definition) is 4. The van der Waals surface area contributed by atoms with Crippen molar-refractivity contribution in [1.29, 1.82) is 0 Å². The summed E-state index contributed by atoms with van der Waals surface area (Å²) in [5, 5.41) is 10.7. The van der Waals surface area contributed by atoms with Gasteiger partial charge in [-0.15, -0.1) is 0 Å². The minimum Gasteiger partial charge on any atom is -0.426 e. The molecule has 1 N–H and O–H groups in total. The molecule has 1 saturated heterocycles. The maximum atomic E-state index is 12.6. The number of carbonyl (C=O) groups is 1. The van der Waals surface area contributed by atoms with Gasteiger partial charge >= 0.3 is 5.97 Å². The third kappa shape index (κ3) is 2.81. The van der Waals surface area contributed by atoms with Crippen molar-refractivity contribution < 1.29 is 19.4 Å². The van der Waals surface area contributed by atoms with E-state index in [-0.39, 0.29) is 5.92 Å². The highest BCUT2D eigenvalue weighted by Gasteiger charge is 2.47. The summed E-state index contributed by atoms with van der Waals surface area (Å²) in [6.07, 6.45) is 1.60. The van der Waals surface area contributed by atoms with Gasteiger partial charge in [-0.25, -0.2) is 4.79 Å². The third-order valence-corrected chi connectivity index (χ3v) is 4.82. The molecular formula is C19H24O4. The van der Waals surface area contributed by atoms with E-state index < -0.39 is 11.8 Å². The quantitative estimate of drug-likeness (QED) is 0.852. The number of rotatable bonds is 2. The Morgan fingerprint density at radius 2 is 1.70 bits per heavy atom. The Hall–Kier alpha value is -1.65. The van der Waals surface area contributed by atoms with Crippen LogP contribution in [-0.2, 0) is 14.3 Å². The minimum absolute atomic E-state index is 0.111. The van der Waals surface area contributed by atoms with Crippen molar-refractivity contribution in [2.24, 2.45) is 5.92 Å². The number of cyclic esters (lactones) is 1. The summed E-state index contributed by atoms with van der Waals surface area (Å²) in [6, 6.07) is 4.13. The van der Waals surface area contributed by atoms with Gasteiger partial charge in [0, 0.05) is 25.7 Å². The van der Waals surface area contributed by atoms with E-state index in [1.807, 2.05) is 20.8 Å². The van der Waals surface area contributed by atoms with E-state index in [0.29, 0.717) is 18.8 Å². The number of carbonyl (C=O) groups excluding carboxylic acids is 1. The molecule has 0 aromatic heterocycles. The molecule has 1 atom stereocenters. The molecule has 0 spiro atoms. The Balaban J connectivity index is 2.21. The van der Waals surface area contributed by atoms with Crippen molar-refractivity contribution in [1.82, 2.24) is 0 Å². The maximum Gasteiger partial charge on any atom is 0.341 e. The summed E-state index contributed by atoms with van der Waals surface area (Å²) in [7, 11) is 0. The molecule has 0 aliphatic carbocycles. The molecule has 0 radical (unpaired) electrons. The molecule has 4 heteroatoms. The van der Waals surface area contributed by atoms with E-state index in [1.165, 1.54) is 0 Å². The lowest BCUT2D eigenvalue weighted by Gasteiger charge is -2.29. The van der Waals surface area contributed by atoms with Gasteiger partial charge in [-0.05, 0) is 56.2 Å². The molecule has 4 nitrogen and oxygen atoms in total. The van der Waals surface area contributed by atoms with Gasteiger partial charge in [-0.1, -0.05) is 17.7 Å². The number of hydrogen-bond donors (Lipinski definition) is 1. The number of benzene rings is 1. The number of esters is 1. The highest BCUT2D eigenvalue weighted by molar-refractivity contribution is 6.20. The number of ether oxygens (including phenoxy) is 2. The fourth-order valence-electron chi connectivity index (χ4n) is 4.01. The van der Waals surface area contributed by atoms with E-state index in [1.54, 1.807) is 6.92 Å². The fraction of sp³-hybridized carbons (Fsp3) is 0.526. The second-order valence-electron chi connectivity index (χ2n) is 6.82. The Labute approximate surface area is 137 Å². The topological polar surface area (TPSA) is 55.8 Å². The van der Waals surface area contributed by atoms with Crippen LogP contribution in [0.2, 0.25) is 0 Å². The molecule has 1 fully saturated rings. The van der Waals surface area contributed by atoms with E-state index in [0.717, 1.165) is 40.7 Å². The first-order chi connectivity index (χ1) is 10.8. The standard InChI is InChI=1S/C19H24O4/c1-11-9-12(2)15(13(3)10-11)16-17(14-5-7-22-8-6-14)19(4,21)23-18(16)20/h9-10,14,21H,5-8H2,1-4H3. The summed E-state index contributed by atoms with van der Waals surface area (Å²) < 4.78 is 10.8. The zero-order valence-electron chi connectivity index (χ0n) is 14.2. The van der Waals surface area contributed by atoms with Crippen LogP contribution in [0.4, 0.5) is 0 Å². The predicted octanol–water partition coefficient (Wildman–Crippen LogP) is 3.06. The first-order valence-corrected chi connectivity index (χ1v) is 8.17. The summed E-state index contributed by atoms with van der Waals surface area (Å²) in [5.41, 5.74) is 5.42. The van der Waals surface area contributed by atoms with E-state index in [4.69, 9.17) is 9.47 Å². The third-order valence-electron chi connectivity index (χ3n) is 4.82. The SMILES string of the molecule is Cc1cc(C)c(C2=C(C3CCOCC3)C(C)(O)OC2=O)c(C)c1. The maximum absolute atomic E-state index is 12.6. The molecule has 3 rings (SSSR count). The summed E-state index contributed by atoms with van der Waals surface area (Å²) in [4.78, 5) is 12.6. The zero-order chi connectivity index (χ0) is 16.8. The molecule has 2 aliphatic heterocycles. The number of aryl methyl sites for hydroxylation is 3.